The summed E-state index contributed by atoms with van der Waals surface area (Å²) in [7, 11) is -3.45. The Labute approximate surface area is 193 Å². The molecule has 0 aliphatic carbocycles. The number of carbonyl (C=O) groups excluding carboxylic acids is 1. The van der Waals surface area contributed by atoms with E-state index in [0.29, 0.717) is 40.4 Å². The molecule has 0 aromatic heterocycles. The van der Waals surface area contributed by atoms with Crippen molar-refractivity contribution in [3.05, 3.63) is 50.4 Å². The monoisotopic (exact) mass is 535 g/mol. The fourth-order valence-corrected chi connectivity index (χ4v) is 5.27. The Morgan fingerprint density at radius 1 is 1.13 bits per heavy atom. The van der Waals surface area contributed by atoms with Crippen molar-refractivity contribution in [2.75, 3.05) is 17.7 Å². The molecule has 0 unspecified atom stereocenters. The number of carbonyl (C=O) groups is 1. The van der Waals surface area contributed by atoms with E-state index in [1.165, 1.54) is 18.2 Å². The fraction of sp³-hybridized carbons (Fsp3) is 0.350. The number of fused-ring (bicyclic) bond motifs is 1. The number of unbranched alkanes of at least 4 members (excludes halogenated alkanes) is 1. The molecule has 1 aliphatic rings. The van der Waals surface area contributed by atoms with Crippen molar-refractivity contribution in [1.29, 1.82) is 0 Å². The summed E-state index contributed by atoms with van der Waals surface area (Å²) in [6.45, 7) is 3.94. The maximum Gasteiger partial charge on any atom is 0.412 e. The van der Waals surface area contributed by atoms with E-state index >= 15 is 0 Å². The van der Waals surface area contributed by atoms with Crippen molar-refractivity contribution in [2.45, 2.75) is 37.2 Å². The van der Waals surface area contributed by atoms with Gasteiger partial charge in [0.1, 0.15) is 11.4 Å². The van der Waals surface area contributed by atoms with Crippen molar-refractivity contribution in [1.82, 2.24) is 0 Å². The van der Waals surface area contributed by atoms with Gasteiger partial charge in [-0.25, -0.2) is 13.2 Å². The normalized spacial score (nSPS) is 15.2. The Hall–Kier alpha value is -1.48. The first-order chi connectivity index (χ1) is 14.0. The van der Waals surface area contributed by atoms with Crippen LogP contribution in [0.2, 0.25) is 10.0 Å². The predicted molar refractivity (Wildman–Crippen MR) is 121 cm³/mol. The summed E-state index contributed by atoms with van der Waals surface area (Å²) in [5, 5.41) is 3.19. The summed E-state index contributed by atoms with van der Waals surface area (Å²) in [6.07, 6.45) is 0.465. The molecule has 2 aromatic carbocycles. The number of hydrogen-bond acceptors (Lipinski definition) is 5. The van der Waals surface area contributed by atoms with Crippen LogP contribution in [0.5, 0.6) is 5.75 Å². The number of rotatable bonds is 7. The highest BCUT2D eigenvalue weighted by Crippen LogP contribution is 2.41. The number of cyclic esters (lactones) is 1. The first kappa shape index (κ1) is 23.2. The summed E-state index contributed by atoms with van der Waals surface area (Å²) in [5.41, 5.74) is 0.662. The van der Waals surface area contributed by atoms with Crippen molar-refractivity contribution in [2.24, 2.45) is 0 Å². The van der Waals surface area contributed by atoms with Gasteiger partial charge in [-0.15, -0.1) is 0 Å². The molecule has 162 valence electrons. The second-order valence-electron chi connectivity index (χ2n) is 7.30. The Balaban J connectivity index is 1.58. The molecule has 0 bridgehead atoms. The highest BCUT2D eigenvalue weighted by atomic mass is 79.9. The van der Waals surface area contributed by atoms with Gasteiger partial charge in [0.25, 0.3) is 0 Å². The van der Waals surface area contributed by atoms with Crippen LogP contribution in [-0.4, -0.2) is 26.9 Å². The van der Waals surface area contributed by atoms with Gasteiger partial charge in [-0.2, -0.15) is 0 Å². The molecule has 1 aliphatic heterocycles. The number of benzene rings is 2. The smallest absolute Gasteiger partial charge is 0.412 e. The van der Waals surface area contributed by atoms with E-state index in [1.807, 2.05) is 6.07 Å². The van der Waals surface area contributed by atoms with E-state index in [-0.39, 0.29) is 15.7 Å². The molecule has 0 saturated heterocycles. The van der Waals surface area contributed by atoms with Crippen LogP contribution >= 0.6 is 39.1 Å². The van der Waals surface area contributed by atoms with Gasteiger partial charge in [0.05, 0.1) is 37.5 Å². The lowest BCUT2D eigenvalue weighted by atomic mass is 9.94. The van der Waals surface area contributed by atoms with Crippen LogP contribution in [0.3, 0.4) is 0 Å². The Morgan fingerprint density at radius 2 is 1.87 bits per heavy atom. The van der Waals surface area contributed by atoms with Crippen molar-refractivity contribution >= 4 is 60.7 Å². The minimum absolute atomic E-state index is 0.0212. The Bertz CT molecular complexity index is 1090. The second kappa shape index (κ2) is 8.94. The summed E-state index contributed by atoms with van der Waals surface area (Å²) in [4.78, 5) is 11.8. The summed E-state index contributed by atoms with van der Waals surface area (Å²) in [6, 6.07) is 7.86. The number of ether oxygens (including phenoxy) is 2. The number of hydrogen-bond donors (Lipinski definition) is 1. The molecule has 0 spiro atoms. The van der Waals surface area contributed by atoms with Crippen molar-refractivity contribution in [3.63, 3.8) is 0 Å². The van der Waals surface area contributed by atoms with Gasteiger partial charge in [-0.1, -0.05) is 23.2 Å². The van der Waals surface area contributed by atoms with E-state index in [0.717, 1.165) is 5.56 Å². The van der Waals surface area contributed by atoms with Gasteiger partial charge < -0.3 is 9.47 Å². The maximum atomic E-state index is 12.4. The van der Waals surface area contributed by atoms with Gasteiger partial charge in [-0.05, 0) is 73.0 Å². The first-order valence-corrected chi connectivity index (χ1v) is 12.3. The van der Waals surface area contributed by atoms with Crippen LogP contribution < -0.4 is 10.1 Å². The molecule has 30 heavy (non-hydrogen) atoms. The molecule has 6 nitrogen and oxygen atoms in total. The molecule has 0 radical (unpaired) electrons. The van der Waals surface area contributed by atoms with Gasteiger partial charge in [-0.3, -0.25) is 5.32 Å². The number of nitrogens with one attached hydrogen (secondary N) is 1. The summed E-state index contributed by atoms with van der Waals surface area (Å²) < 4.78 is 36.7. The molecule has 2 aromatic rings. The standard InChI is InChI=1S/C20H20BrCl2NO5S/c1-20(2)13-10-18(14(21)11-17(13)24-19(25)29-20)28-7-3-4-8-30(26,27)12-5-6-15(22)16(23)9-12/h5-6,9-11H,3-4,7-8H2,1-2H3,(H,24,25). The molecule has 1 N–H and O–H groups in total. The van der Waals surface area contributed by atoms with E-state index in [4.69, 9.17) is 32.7 Å². The van der Waals surface area contributed by atoms with Crippen LogP contribution in [0.15, 0.2) is 39.7 Å². The first-order valence-electron chi connectivity index (χ1n) is 9.14. The SMILES string of the molecule is CC1(C)OC(=O)Nc2cc(Br)c(OCCCCS(=O)(=O)c3ccc(Cl)c(Cl)c3)cc21. The van der Waals surface area contributed by atoms with Crippen LogP contribution in [0.25, 0.3) is 0 Å². The minimum Gasteiger partial charge on any atom is -0.492 e. The summed E-state index contributed by atoms with van der Waals surface area (Å²) in [5.74, 6) is 0.570. The fourth-order valence-electron chi connectivity index (χ4n) is 3.05. The Kier molecular flexibility index (Phi) is 6.91. The third-order valence-electron chi connectivity index (χ3n) is 4.62. The van der Waals surface area contributed by atoms with E-state index in [1.54, 1.807) is 19.9 Å². The highest BCUT2D eigenvalue weighted by Gasteiger charge is 2.34. The molecular weight excluding hydrogens is 517 g/mol. The molecule has 3 rings (SSSR count). The van der Waals surface area contributed by atoms with Crippen LogP contribution in [0.4, 0.5) is 10.5 Å². The Morgan fingerprint density at radius 3 is 2.57 bits per heavy atom. The number of amides is 1. The lowest BCUT2D eigenvalue weighted by Crippen LogP contribution is -2.34. The zero-order valence-corrected chi connectivity index (χ0v) is 20.2. The van der Waals surface area contributed by atoms with Gasteiger partial charge in [0.15, 0.2) is 9.84 Å². The van der Waals surface area contributed by atoms with Crippen molar-refractivity contribution < 1.29 is 22.7 Å². The van der Waals surface area contributed by atoms with Crippen molar-refractivity contribution in [3.8, 4) is 5.75 Å². The largest absolute Gasteiger partial charge is 0.492 e. The quantitative estimate of drug-likeness (QED) is 0.427. The zero-order valence-electron chi connectivity index (χ0n) is 16.3. The molecule has 10 heteroatoms. The lowest BCUT2D eigenvalue weighted by Gasteiger charge is -2.33. The molecule has 0 atom stereocenters. The third-order valence-corrected chi connectivity index (χ3v) is 7.78. The van der Waals surface area contributed by atoms with Crippen LogP contribution in [-0.2, 0) is 20.2 Å². The maximum absolute atomic E-state index is 12.4. The van der Waals surface area contributed by atoms with E-state index in [9.17, 15) is 13.2 Å². The minimum atomic E-state index is -3.45. The van der Waals surface area contributed by atoms with Crippen LogP contribution in [0, 0.1) is 0 Å². The molecular formula is C20H20BrCl2NO5S. The van der Waals surface area contributed by atoms with Gasteiger partial charge in [0.2, 0.25) is 0 Å². The molecule has 1 amide bonds. The average Bonchev–Trinajstić information content (AvgIpc) is 2.63. The van der Waals surface area contributed by atoms with Gasteiger partial charge >= 0.3 is 6.09 Å². The lowest BCUT2D eigenvalue weighted by molar-refractivity contribution is 0.0418. The predicted octanol–water partition coefficient (Wildman–Crippen LogP) is 6.19. The molecule has 0 saturated carbocycles. The number of halogens is 3. The second-order valence-corrected chi connectivity index (χ2v) is 11.1. The molecule has 1 heterocycles. The van der Waals surface area contributed by atoms with Gasteiger partial charge in [0, 0.05) is 5.56 Å². The highest BCUT2D eigenvalue weighted by molar-refractivity contribution is 9.10. The van der Waals surface area contributed by atoms with Crippen LogP contribution in [0.1, 0.15) is 32.3 Å². The number of sulfone groups is 1. The molecule has 0 fully saturated rings. The van der Waals surface area contributed by atoms with E-state index in [2.05, 4.69) is 21.2 Å². The zero-order chi connectivity index (χ0) is 22.1. The average molecular weight is 537 g/mol. The summed E-state index contributed by atoms with van der Waals surface area (Å²) >= 11 is 15.2. The number of anilines is 1. The van der Waals surface area contributed by atoms with E-state index < -0.39 is 21.5 Å². The third kappa shape index (κ3) is 5.22. The topological polar surface area (TPSA) is 81.7 Å².